The molecule has 51 heavy (non-hydrogen) atoms. The van der Waals surface area contributed by atoms with Gasteiger partial charge in [0.05, 0.1) is 0 Å². The number of nitrogen functional groups attached to an aromatic ring is 2. The minimum Gasteiger partial charge on any atom is -0.399 e. The highest BCUT2D eigenvalue weighted by atomic mass is 14.5. The van der Waals surface area contributed by atoms with Gasteiger partial charge in [-0.1, -0.05) is 158 Å². The molecule has 0 aromatic heterocycles. The zero-order valence-electron chi connectivity index (χ0n) is 32.5. The predicted octanol–water partition coefficient (Wildman–Crippen LogP) is 13.6. The van der Waals surface area contributed by atoms with E-state index in [4.69, 9.17) is 11.5 Å². The first-order valence-electron chi connectivity index (χ1n) is 20.9. The van der Waals surface area contributed by atoms with E-state index in [1.807, 2.05) is 24.3 Å². The third kappa shape index (κ3) is 15.7. The van der Waals surface area contributed by atoms with E-state index < -0.39 is 0 Å². The van der Waals surface area contributed by atoms with Crippen molar-refractivity contribution in [2.75, 3.05) is 11.5 Å². The lowest BCUT2D eigenvalue weighted by molar-refractivity contribution is 0.604. The van der Waals surface area contributed by atoms with Gasteiger partial charge in [0, 0.05) is 11.4 Å². The molecule has 276 valence electrons. The Morgan fingerprint density at radius 2 is 0.627 bits per heavy atom. The predicted molar refractivity (Wildman–Crippen MR) is 225 cm³/mol. The van der Waals surface area contributed by atoms with Gasteiger partial charge in [-0.05, 0) is 133 Å². The molecule has 0 bridgehead atoms. The maximum atomic E-state index is 5.96. The van der Waals surface area contributed by atoms with Gasteiger partial charge in [-0.3, -0.25) is 0 Å². The van der Waals surface area contributed by atoms with Crippen LogP contribution in [0.3, 0.4) is 0 Å². The fourth-order valence-corrected chi connectivity index (χ4v) is 7.57. The number of aryl methyl sites for hydroxylation is 4. The van der Waals surface area contributed by atoms with Gasteiger partial charge in [-0.2, -0.15) is 0 Å². The van der Waals surface area contributed by atoms with Crippen LogP contribution in [0.5, 0.6) is 0 Å². The normalized spacial score (nSPS) is 11.3. The van der Waals surface area contributed by atoms with Crippen molar-refractivity contribution in [3.63, 3.8) is 0 Å². The second kappa shape index (κ2) is 23.9. The molecule has 4 aromatic rings. The summed E-state index contributed by atoms with van der Waals surface area (Å²) in [5.41, 5.74) is 25.5. The minimum atomic E-state index is 0.842. The van der Waals surface area contributed by atoms with Crippen molar-refractivity contribution in [2.45, 2.75) is 162 Å². The van der Waals surface area contributed by atoms with Crippen LogP contribution in [0, 0.1) is 0 Å². The number of hydrogen-bond donors (Lipinski definition) is 2. The molecule has 0 radical (unpaired) electrons. The smallest absolute Gasteiger partial charge is 0.0314 e. The minimum absolute atomic E-state index is 0.842. The van der Waals surface area contributed by atoms with E-state index in [1.54, 1.807) is 11.1 Å². The average molecular weight is 687 g/mol. The molecule has 2 nitrogen and oxygen atoms in total. The molecule has 4 N–H and O–H groups in total. The molecule has 0 aliphatic rings. The van der Waals surface area contributed by atoms with E-state index in [0.717, 1.165) is 24.2 Å². The summed E-state index contributed by atoms with van der Waals surface area (Å²) < 4.78 is 0. The van der Waals surface area contributed by atoms with Crippen molar-refractivity contribution < 1.29 is 0 Å². The zero-order valence-corrected chi connectivity index (χ0v) is 32.5. The van der Waals surface area contributed by atoms with Crippen molar-refractivity contribution in [2.24, 2.45) is 0 Å². The molecule has 0 aliphatic heterocycles. The molecule has 0 heterocycles. The Balaban J connectivity index is 1.23. The Morgan fingerprint density at radius 1 is 0.314 bits per heavy atom. The standard InChI is InChI=1S/C49H70N2/c1-3-5-7-9-14-18-22-44-36-40(24-30-46(44)38-42-26-32-48(50)33-27-42)20-16-12-11-13-17-21-41-25-31-47(39-43-28-34-49(51)35-29-43)45(37-41)23-19-15-10-8-6-4-2/h24-37H,3-23,38-39,50-51H2,1-2H3. The molecule has 2 heteroatoms. The Kier molecular flexibility index (Phi) is 18.8. The fraction of sp³-hybridized carbons (Fsp3) is 0.510. The molecule has 0 saturated heterocycles. The SMILES string of the molecule is CCCCCCCCc1cc(CCCCCCCc2ccc(Cc3ccc(N)cc3)c(CCCCCCCC)c2)ccc1Cc1ccc(N)cc1. The molecular formula is C49H70N2. The first kappa shape index (κ1) is 40.3. The summed E-state index contributed by atoms with van der Waals surface area (Å²) in [7, 11) is 0. The number of rotatable bonds is 26. The largest absolute Gasteiger partial charge is 0.399 e. The van der Waals surface area contributed by atoms with Crippen LogP contribution in [-0.4, -0.2) is 0 Å². The van der Waals surface area contributed by atoms with Crippen LogP contribution in [-0.2, 0) is 38.5 Å². The first-order chi connectivity index (χ1) is 25.0. The monoisotopic (exact) mass is 687 g/mol. The summed E-state index contributed by atoms with van der Waals surface area (Å²) in [6.07, 6.45) is 29.5. The highest BCUT2D eigenvalue weighted by Crippen LogP contribution is 2.24. The van der Waals surface area contributed by atoms with Gasteiger partial charge in [0.25, 0.3) is 0 Å². The lowest BCUT2D eigenvalue weighted by Crippen LogP contribution is -2.00. The number of unbranched alkanes of at least 4 members (excludes halogenated alkanes) is 14. The molecule has 0 unspecified atom stereocenters. The number of hydrogen-bond acceptors (Lipinski definition) is 2. The van der Waals surface area contributed by atoms with Gasteiger partial charge in [-0.25, -0.2) is 0 Å². The van der Waals surface area contributed by atoms with E-state index in [1.165, 1.54) is 168 Å². The molecule has 4 rings (SSSR count). The molecule has 0 atom stereocenters. The average Bonchev–Trinajstić information content (AvgIpc) is 3.14. The first-order valence-corrected chi connectivity index (χ1v) is 20.9. The second-order valence-corrected chi connectivity index (χ2v) is 15.3. The summed E-state index contributed by atoms with van der Waals surface area (Å²) in [6, 6.07) is 31.6. The lowest BCUT2D eigenvalue weighted by atomic mass is 9.92. The number of anilines is 2. The summed E-state index contributed by atoms with van der Waals surface area (Å²) in [6.45, 7) is 4.60. The number of nitrogens with two attached hydrogens (primary N) is 2. The summed E-state index contributed by atoms with van der Waals surface area (Å²) in [4.78, 5) is 0. The van der Waals surface area contributed by atoms with Crippen LogP contribution in [0.4, 0.5) is 11.4 Å². The summed E-state index contributed by atoms with van der Waals surface area (Å²) in [5.74, 6) is 0. The van der Waals surface area contributed by atoms with Crippen molar-refractivity contribution in [3.05, 3.63) is 129 Å². The molecular weight excluding hydrogens is 617 g/mol. The topological polar surface area (TPSA) is 52.0 Å². The molecule has 0 fully saturated rings. The second-order valence-electron chi connectivity index (χ2n) is 15.3. The van der Waals surface area contributed by atoms with Crippen molar-refractivity contribution in [1.29, 1.82) is 0 Å². The molecule has 0 aliphatic carbocycles. The van der Waals surface area contributed by atoms with Gasteiger partial charge in [0.2, 0.25) is 0 Å². The van der Waals surface area contributed by atoms with Crippen molar-refractivity contribution >= 4 is 11.4 Å². The third-order valence-corrected chi connectivity index (χ3v) is 10.8. The van der Waals surface area contributed by atoms with E-state index >= 15 is 0 Å². The Labute approximate surface area is 312 Å². The van der Waals surface area contributed by atoms with Crippen LogP contribution in [0.15, 0.2) is 84.9 Å². The zero-order chi connectivity index (χ0) is 35.9. The van der Waals surface area contributed by atoms with Gasteiger partial charge >= 0.3 is 0 Å². The molecule has 4 aromatic carbocycles. The molecule has 0 spiro atoms. The van der Waals surface area contributed by atoms with Crippen molar-refractivity contribution in [1.82, 2.24) is 0 Å². The summed E-state index contributed by atoms with van der Waals surface area (Å²) in [5, 5.41) is 0. The van der Waals surface area contributed by atoms with E-state index in [0.29, 0.717) is 0 Å². The van der Waals surface area contributed by atoms with Gasteiger partial charge in [0.1, 0.15) is 0 Å². The maximum Gasteiger partial charge on any atom is 0.0314 e. The fourth-order valence-electron chi connectivity index (χ4n) is 7.57. The highest BCUT2D eigenvalue weighted by Gasteiger charge is 2.09. The Hall–Kier alpha value is -3.52. The van der Waals surface area contributed by atoms with E-state index in [-0.39, 0.29) is 0 Å². The van der Waals surface area contributed by atoms with Crippen LogP contribution in [0.25, 0.3) is 0 Å². The van der Waals surface area contributed by atoms with Gasteiger partial charge < -0.3 is 11.5 Å². The van der Waals surface area contributed by atoms with Crippen molar-refractivity contribution in [3.8, 4) is 0 Å². The highest BCUT2D eigenvalue weighted by molar-refractivity contribution is 5.43. The maximum absolute atomic E-state index is 5.96. The van der Waals surface area contributed by atoms with Crippen LogP contribution in [0.2, 0.25) is 0 Å². The van der Waals surface area contributed by atoms with Gasteiger partial charge in [0.15, 0.2) is 0 Å². The quantitative estimate of drug-likeness (QED) is 0.0510. The van der Waals surface area contributed by atoms with E-state index in [9.17, 15) is 0 Å². The third-order valence-electron chi connectivity index (χ3n) is 10.8. The molecule has 0 amide bonds. The van der Waals surface area contributed by atoms with Crippen LogP contribution < -0.4 is 11.5 Å². The lowest BCUT2D eigenvalue weighted by Gasteiger charge is -2.13. The van der Waals surface area contributed by atoms with Gasteiger partial charge in [-0.15, -0.1) is 0 Å². The van der Waals surface area contributed by atoms with Crippen LogP contribution in [0.1, 0.15) is 168 Å². The summed E-state index contributed by atoms with van der Waals surface area (Å²) >= 11 is 0. The number of benzene rings is 4. The Bertz CT molecular complexity index is 1390. The molecule has 0 saturated carbocycles. The van der Waals surface area contributed by atoms with Crippen LogP contribution >= 0.6 is 0 Å². The Morgan fingerprint density at radius 3 is 1.00 bits per heavy atom. The van der Waals surface area contributed by atoms with E-state index in [2.05, 4.69) is 74.5 Å².